The van der Waals surface area contributed by atoms with Crippen molar-refractivity contribution < 1.29 is 14.3 Å². The van der Waals surface area contributed by atoms with E-state index < -0.39 is 0 Å². The van der Waals surface area contributed by atoms with Gasteiger partial charge in [-0.05, 0) is 33.3 Å². The van der Waals surface area contributed by atoms with Gasteiger partial charge < -0.3 is 14.4 Å². The average molecular weight is 445 g/mol. The molecular formula is C21H28N6O3S. The molecule has 31 heavy (non-hydrogen) atoms. The second-order valence-electron chi connectivity index (χ2n) is 8.79. The summed E-state index contributed by atoms with van der Waals surface area (Å²) in [6.07, 6.45) is 0.618. The van der Waals surface area contributed by atoms with Gasteiger partial charge in [-0.15, -0.1) is 16.4 Å². The number of aromatic nitrogens is 4. The van der Waals surface area contributed by atoms with E-state index in [4.69, 9.17) is 24.5 Å². The summed E-state index contributed by atoms with van der Waals surface area (Å²) in [5, 5.41) is 5.89. The molecule has 10 heteroatoms. The van der Waals surface area contributed by atoms with Crippen molar-refractivity contribution in [1.29, 1.82) is 0 Å². The fraction of sp³-hybridized carbons (Fsp3) is 0.619. The van der Waals surface area contributed by atoms with Crippen molar-refractivity contribution in [3.63, 3.8) is 0 Å². The zero-order valence-electron chi connectivity index (χ0n) is 18.5. The maximum absolute atomic E-state index is 11.9. The molecule has 1 fully saturated rings. The van der Waals surface area contributed by atoms with Gasteiger partial charge in [0.25, 0.3) is 0 Å². The van der Waals surface area contributed by atoms with E-state index in [0.717, 1.165) is 47.0 Å². The van der Waals surface area contributed by atoms with Crippen LogP contribution in [0.2, 0.25) is 0 Å². The highest BCUT2D eigenvalue weighted by Crippen LogP contribution is 2.39. The Morgan fingerprint density at radius 3 is 2.74 bits per heavy atom. The third-order valence-electron chi connectivity index (χ3n) is 5.98. The second-order valence-corrected chi connectivity index (χ2v) is 9.88. The third-order valence-corrected chi connectivity index (χ3v) is 7.08. The van der Waals surface area contributed by atoms with Gasteiger partial charge in [0.2, 0.25) is 0 Å². The lowest BCUT2D eigenvalue weighted by Crippen LogP contribution is -2.48. The van der Waals surface area contributed by atoms with Crippen LogP contribution in [0.25, 0.3) is 15.9 Å². The summed E-state index contributed by atoms with van der Waals surface area (Å²) < 4.78 is 13.0. The van der Waals surface area contributed by atoms with Crippen LogP contribution in [0.15, 0.2) is 0 Å². The molecule has 0 saturated carbocycles. The summed E-state index contributed by atoms with van der Waals surface area (Å²) in [5.74, 6) is 1.63. The predicted molar refractivity (Wildman–Crippen MR) is 117 cm³/mol. The summed E-state index contributed by atoms with van der Waals surface area (Å²) >= 11 is 1.70. The third kappa shape index (κ3) is 3.77. The molecule has 2 aliphatic rings. The summed E-state index contributed by atoms with van der Waals surface area (Å²) in [6.45, 7) is 12.6. The number of aryl methyl sites for hydroxylation is 1. The fourth-order valence-corrected chi connectivity index (χ4v) is 5.50. The first-order valence-corrected chi connectivity index (χ1v) is 11.6. The van der Waals surface area contributed by atoms with Crippen LogP contribution < -0.4 is 0 Å². The highest BCUT2D eigenvalue weighted by atomic mass is 32.1. The van der Waals surface area contributed by atoms with E-state index in [1.807, 2.05) is 18.4 Å². The van der Waals surface area contributed by atoms with Gasteiger partial charge in [0.15, 0.2) is 11.5 Å². The quantitative estimate of drug-likeness (QED) is 0.614. The molecule has 166 valence electrons. The number of thiophene rings is 1. The van der Waals surface area contributed by atoms with Crippen LogP contribution in [-0.2, 0) is 29.0 Å². The fourth-order valence-electron chi connectivity index (χ4n) is 4.36. The first-order chi connectivity index (χ1) is 14.8. The molecule has 1 saturated heterocycles. The van der Waals surface area contributed by atoms with E-state index >= 15 is 0 Å². The second kappa shape index (κ2) is 7.68. The molecule has 0 aliphatic carbocycles. The number of carbonyl (C=O) groups is 1. The summed E-state index contributed by atoms with van der Waals surface area (Å²) in [7, 11) is 0. The molecule has 9 nitrogen and oxygen atoms in total. The predicted octanol–water partition coefficient (Wildman–Crippen LogP) is 2.77. The number of piperazine rings is 1. The number of ether oxygens (including phenoxy) is 2. The van der Waals surface area contributed by atoms with Gasteiger partial charge in [0.1, 0.15) is 10.7 Å². The topological polar surface area (TPSA) is 85.1 Å². The number of carbonyl (C=O) groups excluding carboxylic acids is 1. The van der Waals surface area contributed by atoms with Crippen molar-refractivity contribution in [3.05, 3.63) is 22.1 Å². The van der Waals surface area contributed by atoms with Gasteiger partial charge in [-0.1, -0.05) is 0 Å². The Balaban J connectivity index is 1.42. The zero-order valence-corrected chi connectivity index (χ0v) is 19.3. The minimum Gasteiger partial charge on any atom is -0.450 e. The lowest BCUT2D eigenvalue weighted by molar-refractivity contribution is -0.0379. The van der Waals surface area contributed by atoms with Crippen LogP contribution in [0, 0.1) is 6.92 Å². The number of fused-ring (bicyclic) bond motifs is 5. The molecule has 0 atom stereocenters. The molecule has 3 aromatic heterocycles. The van der Waals surface area contributed by atoms with Crippen LogP contribution in [-0.4, -0.2) is 73.9 Å². The molecule has 0 aromatic carbocycles. The van der Waals surface area contributed by atoms with Crippen molar-refractivity contribution in [2.45, 2.75) is 52.9 Å². The van der Waals surface area contributed by atoms with Crippen molar-refractivity contribution in [1.82, 2.24) is 29.4 Å². The molecule has 0 unspecified atom stereocenters. The normalized spacial score (nSPS) is 19.2. The molecule has 0 bridgehead atoms. The lowest BCUT2D eigenvalue weighted by atomic mass is 9.94. The molecule has 5 heterocycles. The number of hydrogen-bond donors (Lipinski definition) is 0. The molecular weight excluding hydrogens is 416 g/mol. The Labute approximate surface area is 185 Å². The summed E-state index contributed by atoms with van der Waals surface area (Å²) in [4.78, 5) is 28.0. The molecule has 0 N–H and O–H groups in total. The van der Waals surface area contributed by atoms with E-state index in [1.165, 1.54) is 10.4 Å². The molecule has 5 rings (SSSR count). The summed E-state index contributed by atoms with van der Waals surface area (Å²) in [6, 6.07) is 0. The van der Waals surface area contributed by atoms with Crippen LogP contribution in [0.4, 0.5) is 4.79 Å². The van der Waals surface area contributed by atoms with Crippen molar-refractivity contribution in [2.24, 2.45) is 0 Å². The molecule has 0 radical (unpaired) electrons. The standard InChI is InChI=1S/C21H28N6O3S/c1-5-29-20(28)26-8-6-25(7-9-26)11-16-23-18-17-14-10-21(3,4)30-12-15(14)31-19(17)22-13(2)27(18)24-16/h5-12H2,1-4H3. The van der Waals surface area contributed by atoms with Gasteiger partial charge in [-0.2, -0.15) is 4.52 Å². The zero-order chi connectivity index (χ0) is 21.8. The Bertz CT molecular complexity index is 1150. The smallest absolute Gasteiger partial charge is 0.409 e. The first-order valence-electron chi connectivity index (χ1n) is 10.8. The van der Waals surface area contributed by atoms with Crippen molar-refractivity contribution in [2.75, 3.05) is 32.8 Å². The minimum absolute atomic E-state index is 0.190. The van der Waals surface area contributed by atoms with E-state index in [-0.39, 0.29) is 11.7 Å². The highest BCUT2D eigenvalue weighted by Gasteiger charge is 2.31. The van der Waals surface area contributed by atoms with Crippen LogP contribution in [0.3, 0.4) is 0 Å². The largest absolute Gasteiger partial charge is 0.450 e. The number of amides is 1. The average Bonchev–Trinajstić information content (AvgIpc) is 3.29. The van der Waals surface area contributed by atoms with Crippen LogP contribution in [0.1, 0.15) is 42.9 Å². The van der Waals surface area contributed by atoms with E-state index in [9.17, 15) is 4.79 Å². The molecule has 2 aliphatic heterocycles. The SMILES string of the molecule is CCOC(=O)N1CCN(Cc2nc3c4c5c(sc4nc(C)n3n2)COC(C)(C)C5)CC1. The van der Waals surface area contributed by atoms with Crippen LogP contribution in [0.5, 0.6) is 0 Å². The van der Waals surface area contributed by atoms with Gasteiger partial charge in [-0.25, -0.2) is 14.8 Å². The van der Waals surface area contributed by atoms with Gasteiger partial charge in [-0.3, -0.25) is 4.90 Å². The highest BCUT2D eigenvalue weighted by molar-refractivity contribution is 7.19. The van der Waals surface area contributed by atoms with Crippen molar-refractivity contribution in [3.8, 4) is 0 Å². The summed E-state index contributed by atoms with van der Waals surface area (Å²) in [5.41, 5.74) is 2.00. The Kier molecular flexibility index (Phi) is 5.10. The number of nitrogens with zero attached hydrogens (tertiary/aromatic N) is 6. The molecule has 1 amide bonds. The Morgan fingerprint density at radius 2 is 2.00 bits per heavy atom. The van der Waals surface area contributed by atoms with Crippen LogP contribution >= 0.6 is 11.3 Å². The van der Waals surface area contributed by atoms with Crippen molar-refractivity contribution >= 4 is 33.3 Å². The maximum Gasteiger partial charge on any atom is 0.409 e. The Hall–Kier alpha value is -2.30. The first kappa shape index (κ1) is 20.6. The monoisotopic (exact) mass is 444 g/mol. The van der Waals surface area contributed by atoms with Gasteiger partial charge in [0, 0.05) is 37.5 Å². The number of hydrogen-bond acceptors (Lipinski definition) is 8. The van der Waals surface area contributed by atoms with Gasteiger partial charge >= 0.3 is 6.09 Å². The van der Waals surface area contributed by atoms with E-state index in [2.05, 4.69) is 18.7 Å². The lowest BCUT2D eigenvalue weighted by Gasteiger charge is -2.33. The minimum atomic E-state index is -0.230. The van der Waals surface area contributed by atoms with E-state index in [0.29, 0.717) is 32.8 Å². The molecule has 0 spiro atoms. The van der Waals surface area contributed by atoms with E-state index in [1.54, 1.807) is 16.2 Å². The van der Waals surface area contributed by atoms with Gasteiger partial charge in [0.05, 0.1) is 30.7 Å². The molecule has 3 aromatic rings. The maximum atomic E-state index is 11.9. The number of rotatable bonds is 3. The Morgan fingerprint density at radius 1 is 1.23 bits per heavy atom.